The fourth-order valence-corrected chi connectivity index (χ4v) is 3.20. The van der Waals surface area contributed by atoms with E-state index in [1.807, 2.05) is 24.3 Å². The summed E-state index contributed by atoms with van der Waals surface area (Å²) in [5.74, 6) is 0.871. The van der Waals surface area contributed by atoms with Gasteiger partial charge in [-0.25, -0.2) is 0 Å². The van der Waals surface area contributed by atoms with Crippen molar-refractivity contribution < 1.29 is 5.11 Å². The molecule has 0 amide bonds. The monoisotopic (exact) mass is 364 g/mol. The van der Waals surface area contributed by atoms with Gasteiger partial charge < -0.3 is 5.11 Å². The molecule has 130 valence electrons. The molecule has 0 saturated heterocycles. The highest BCUT2D eigenvalue weighted by atomic mass is 35.5. The summed E-state index contributed by atoms with van der Waals surface area (Å²) in [4.78, 5) is 0. The maximum atomic E-state index is 10.3. The lowest BCUT2D eigenvalue weighted by molar-refractivity contribution is 0.145. The second-order valence-corrected chi connectivity index (χ2v) is 7.59. The van der Waals surface area contributed by atoms with Crippen molar-refractivity contribution in [1.82, 2.24) is 0 Å². The van der Waals surface area contributed by atoms with E-state index in [0.717, 1.165) is 35.7 Å². The van der Waals surface area contributed by atoms with Crippen LogP contribution in [-0.4, -0.2) is 11.2 Å². The van der Waals surface area contributed by atoms with Gasteiger partial charge in [-0.05, 0) is 72.9 Å². The van der Waals surface area contributed by atoms with E-state index in [0.29, 0.717) is 11.8 Å². The summed E-state index contributed by atoms with van der Waals surface area (Å²) in [5, 5.41) is 11.8. The maximum absolute atomic E-state index is 10.3. The standard InChI is InChI=1S/C21H26Cl2O/c1-15(17-5-9-19(22)10-6-17)3-13-21(24)14-4-16(2)18-7-11-20(23)12-8-18/h5-12,15-16,21,24H,3-4,13-14H2,1-2H3/t15-,16-/m1/s1. The minimum Gasteiger partial charge on any atom is -0.393 e. The summed E-state index contributed by atoms with van der Waals surface area (Å²) < 4.78 is 0. The largest absolute Gasteiger partial charge is 0.393 e. The van der Waals surface area contributed by atoms with Crippen LogP contribution in [0.15, 0.2) is 48.5 Å². The van der Waals surface area contributed by atoms with E-state index < -0.39 is 0 Å². The van der Waals surface area contributed by atoms with Crippen LogP contribution in [0.4, 0.5) is 0 Å². The lowest BCUT2D eigenvalue weighted by Gasteiger charge is -2.18. The Labute approximate surface area is 155 Å². The van der Waals surface area contributed by atoms with E-state index in [1.165, 1.54) is 11.1 Å². The molecular formula is C21H26Cl2O. The Bertz CT molecular complexity index is 551. The molecule has 0 spiro atoms. The van der Waals surface area contributed by atoms with Crippen molar-refractivity contribution in [2.75, 3.05) is 0 Å². The molecule has 0 heterocycles. The van der Waals surface area contributed by atoms with Crippen molar-refractivity contribution in [3.8, 4) is 0 Å². The molecule has 2 atom stereocenters. The summed E-state index contributed by atoms with van der Waals surface area (Å²) in [7, 11) is 0. The Morgan fingerprint density at radius 3 is 1.33 bits per heavy atom. The van der Waals surface area contributed by atoms with Crippen LogP contribution >= 0.6 is 23.2 Å². The highest BCUT2D eigenvalue weighted by molar-refractivity contribution is 6.30. The predicted molar refractivity (Wildman–Crippen MR) is 104 cm³/mol. The first-order valence-electron chi connectivity index (χ1n) is 8.64. The molecule has 3 heteroatoms. The molecule has 2 aromatic rings. The van der Waals surface area contributed by atoms with Crippen LogP contribution in [0.5, 0.6) is 0 Å². The molecule has 0 saturated carbocycles. The van der Waals surface area contributed by atoms with Gasteiger partial charge in [0.15, 0.2) is 0 Å². The Morgan fingerprint density at radius 2 is 1.00 bits per heavy atom. The van der Waals surface area contributed by atoms with Crippen LogP contribution in [0.2, 0.25) is 10.0 Å². The van der Waals surface area contributed by atoms with Crippen LogP contribution in [-0.2, 0) is 0 Å². The van der Waals surface area contributed by atoms with Crippen LogP contribution in [0, 0.1) is 0 Å². The summed E-state index contributed by atoms with van der Waals surface area (Å²) in [5.41, 5.74) is 2.56. The van der Waals surface area contributed by atoms with Gasteiger partial charge in [0.05, 0.1) is 6.10 Å². The van der Waals surface area contributed by atoms with Gasteiger partial charge in [0.2, 0.25) is 0 Å². The van der Waals surface area contributed by atoms with E-state index >= 15 is 0 Å². The first-order chi connectivity index (χ1) is 11.5. The van der Waals surface area contributed by atoms with Crippen molar-refractivity contribution in [1.29, 1.82) is 0 Å². The van der Waals surface area contributed by atoms with Crippen molar-refractivity contribution in [3.05, 3.63) is 69.7 Å². The van der Waals surface area contributed by atoms with E-state index in [4.69, 9.17) is 23.2 Å². The SMILES string of the molecule is C[C@H](CCC(O)CC[C@@H](C)c1ccc(Cl)cc1)c1ccc(Cl)cc1. The predicted octanol–water partition coefficient (Wildman–Crippen LogP) is 6.82. The van der Waals surface area contributed by atoms with Gasteiger partial charge in [0.25, 0.3) is 0 Å². The van der Waals surface area contributed by atoms with Gasteiger partial charge in [0.1, 0.15) is 0 Å². The Hall–Kier alpha value is -1.02. The Morgan fingerprint density at radius 1 is 0.667 bits per heavy atom. The summed E-state index contributed by atoms with van der Waals surface area (Å²) in [6, 6.07) is 16.0. The van der Waals surface area contributed by atoms with E-state index in [9.17, 15) is 5.11 Å². The molecule has 0 unspecified atom stereocenters. The zero-order valence-electron chi connectivity index (χ0n) is 14.4. The number of rotatable bonds is 8. The topological polar surface area (TPSA) is 20.2 Å². The van der Waals surface area contributed by atoms with Gasteiger partial charge in [-0.3, -0.25) is 0 Å². The number of halogens is 2. The molecular weight excluding hydrogens is 339 g/mol. The minimum absolute atomic E-state index is 0.241. The average molecular weight is 365 g/mol. The van der Waals surface area contributed by atoms with Crippen molar-refractivity contribution in [3.63, 3.8) is 0 Å². The van der Waals surface area contributed by atoms with Crippen LogP contribution in [0.1, 0.15) is 62.5 Å². The fraction of sp³-hybridized carbons (Fsp3) is 0.429. The highest BCUT2D eigenvalue weighted by Gasteiger charge is 2.12. The van der Waals surface area contributed by atoms with Gasteiger partial charge in [-0.1, -0.05) is 61.3 Å². The van der Waals surface area contributed by atoms with Crippen LogP contribution in [0.25, 0.3) is 0 Å². The van der Waals surface area contributed by atoms with Gasteiger partial charge in [-0.2, -0.15) is 0 Å². The molecule has 0 aliphatic carbocycles. The van der Waals surface area contributed by atoms with E-state index in [-0.39, 0.29) is 6.10 Å². The van der Waals surface area contributed by atoms with Gasteiger partial charge >= 0.3 is 0 Å². The van der Waals surface area contributed by atoms with E-state index in [2.05, 4.69) is 38.1 Å². The zero-order chi connectivity index (χ0) is 17.5. The maximum Gasteiger partial charge on any atom is 0.0540 e. The number of aliphatic hydroxyl groups is 1. The van der Waals surface area contributed by atoms with Gasteiger partial charge in [-0.15, -0.1) is 0 Å². The molecule has 0 aliphatic heterocycles. The quantitative estimate of drug-likeness (QED) is 0.544. The van der Waals surface area contributed by atoms with Crippen LogP contribution < -0.4 is 0 Å². The highest BCUT2D eigenvalue weighted by Crippen LogP contribution is 2.26. The Balaban J connectivity index is 1.73. The molecule has 2 rings (SSSR count). The molecule has 2 aromatic carbocycles. The molecule has 1 N–H and O–H groups in total. The Kier molecular flexibility index (Phi) is 7.61. The summed E-state index contributed by atoms with van der Waals surface area (Å²) in [6.45, 7) is 4.40. The number of hydrogen-bond acceptors (Lipinski definition) is 1. The zero-order valence-corrected chi connectivity index (χ0v) is 15.9. The van der Waals surface area contributed by atoms with Crippen LogP contribution in [0.3, 0.4) is 0 Å². The van der Waals surface area contributed by atoms with E-state index in [1.54, 1.807) is 0 Å². The summed E-state index contributed by atoms with van der Waals surface area (Å²) in [6.07, 6.45) is 3.39. The average Bonchev–Trinajstić information content (AvgIpc) is 2.58. The third kappa shape index (κ3) is 6.12. The minimum atomic E-state index is -0.241. The molecule has 0 aromatic heterocycles. The molecule has 0 fully saturated rings. The second kappa shape index (κ2) is 9.46. The lowest BCUT2D eigenvalue weighted by atomic mass is 9.91. The number of benzene rings is 2. The lowest BCUT2D eigenvalue weighted by Crippen LogP contribution is -2.10. The molecule has 0 aliphatic rings. The molecule has 0 bridgehead atoms. The molecule has 0 radical (unpaired) electrons. The first-order valence-corrected chi connectivity index (χ1v) is 9.40. The smallest absolute Gasteiger partial charge is 0.0540 e. The van der Waals surface area contributed by atoms with Gasteiger partial charge in [0, 0.05) is 10.0 Å². The van der Waals surface area contributed by atoms with Crippen molar-refractivity contribution in [2.24, 2.45) is 0 Å². The normalized spacial score (nSPS) is 13.9. The third-order valence-electron chi connectivity index (χ3n) is 4.74. The second-order valence-electron chi connectivity index (χ2n) is 6.71. The van der Waals surface area contributed by atoms with Crippen molar-refractivity contribution in [2.45, 2.75) is 57.5 Å². The fourth-order valence-electron chi connectivity index (χ4n) is 2.95. The molecule has 1 nitrogen and oxygen atoms in total. The first kappa shape index (κ1) is 19.3. The third-order valence-corrected chi connectivity index (χ3v) is 5.25. The van der Waals surface area contributed by atoms with Crippen molar-refractivity contribution >= 4 is 23.2 Å². The number of aliphatic hydroxyl groups excluding tert-OH is 1. The number of hydrogen-bond donors (Lipinski definition) is 1. The molecule has 24 heavy (non-hydrogen) atoms. The summed E-state index contributed by atoms with van der Waals surface area (Å²) >= 11 is 11.9.